The van der Waals surface area contributed by atoms with Crippen LogP contribution in [0.5, 0.6) is 0 Å². The van der Waals surface area contributed by atoms with Gasteiger partial charge in [0.25, 0.3) is 0 Å². The number of para-hydroxylation sites is 2. The molecule has 13 rings (SSSR count). The lowest BCUT2D eigenvalue weighted by atomic mass is 9.70. The number of hydrogen-bond donors (Lipinski definition) is 0. The van der Waals surface area contributed by atoms with Crippen molar-refractivity contribution >= 4 is 82.1 Å². The summed E-state index contributed by atoms with van der Waals surface area (Å²) >= 11 is 0. The Balaban J connectivity index is 1.15. The summed E-state index contributed by atoms with van der Waals surface area (Å²) < 4.78 is 6.46. The van der Waals surface area contributed by atoms with E-state index in [1.165, 1.54) is 76.5 Å². The monoisotopic (exact) mass is 671 g/mol. The van der Waals surface area contributed by atoms with Gasteiger partial charge in [-0.2, -0.15) is 0 Å². The van der Waals surface area contributed by atoms with E-state index in [0.717, 1.165) is 39.0 Å². The molecule has 1 spiro atoms. The molecular weight excluding hydrogens is 643 g/mol. The predicted octanol–water partition coefficient (Wildman–Crippen LogP) is 13.8. The van der Waals surface area contributed by atoms with Gasteiger partial charge in [0.1, 0.15) is 11.2 Å². The van der Waals surface area contributed by atoms with Crippen LogP contribution < -0.4 is 4.90 Å². The zero-order chi connectivity index (χ0) is 34.4. The lowest BCUT2D eigenvalue weighted by Crippen LogP contribution is -2.26. The zero-order valence-corrected chi connectivity index (χ0v) is 28.6. The molecule has 0 bridgehead atoms. The summed E-state index contributed by atoms with van der Waals surface area (Å²) in [5.74, 6) is 0. The number of nitrogens with zero attached hydrogens (tertiary/aromatic N) is 1. The first kappa shape index (κ1) is 27.8. The average Bonchev–Trinajstić information content (AvgIpc) is 3.85. The van der Waals surface area contributed by atoms with Crippen molar-refractivity contribution in [1.29, 1.82) is 0 Å². The molecule has 2 aliphatic rings. The van der Waals surface area contributed by atoms with Gasteiger partial charge in [0.2, 0.25) is 0 Å². The Hall–Kier alpha value is -6.90. The maximum absolute atomic E-state index is 6.46. The van der Waals surface area contributed by atoms with Crippen molar-refractivity contribution in [3.05, 3.63) is 198 Å². The van der Waals surface area contributed by atoms with Crippen molar-refractivity contribution in [2.75, 3.05) is 4.90 Å². The van der Waals surface area contributed by atoms with Crippen LogP contribution in [-0.2, 0) is 5.41 Å². The maximum Gasteiger partial charge on any atom is 0.137 e. The van der Waals surface area contributed by atoms with Gasteiger partial charge in [-0.15, -0.1) is 0 Å². The van der Waals surface area contributed by atoms with Gasteiger partial charge in [-0.1, -0.05) is 133 Å². The minimum absolute atomic E-state index is 0.466. The summed E-state index contributed by atoms with van der Waals surface area (Å²) in [5.41, 5.74) is 12.6. The summed E-state index contributed by atoms with van der Waals surface area (Å²) in [7, 11) is 0. The first-order valence-corrected chi connectivity index (χ1v) is 18.4. The molecule has 1 unspecified atom stereocenters. The van der Waals surface area contributed by atoms with Crippen LogP contribution in [0.25, 0.3) is 76.2 Å². The number of hydrogen-bond acceptors (Lipinski definition) is 2. The van der Waals surface area contributed by atoms with Gasteiger partial charge in [-0.25, -0.2) is 0 Å². The fourth-order valence-electron chi connectivity index (χ4n) is 10.4. The third-order valence-corrected chi connectivity index (χ3v) is 12.4. The molecule has 1 atom stereocenters. The van der Waals surface area contributed by atoms with Gasteiger partial charge >= 0.3 is 0 Å². The number of rotatable bonds is 3. The third-order valence-electron chi connectivity index (χ3n) is 12.4. The second kappa shape index (κ2) is 9.70. The summed E-state index contributed by atoms with van der Waals surface area (Å²) in [5, 5.41) is 13.1. The highest BCUT2D eigenvalue weighted by atomic mass is 16.3. The van der Waals surface area contributed by atoms with Crippen LogP contribution in [0.1, 0.15) is 22.3 Å². The quantitative estimate of drug-likeness (QED) is 0.137. The van der Waals surface area contributed by atoms with E-state index in [4.69, 9.17) is 4.42 Å². The van der Waals surface area contributed by atoms with Crippen LogP contribution in [0, 0.1) is 0 Å². The molecule has 11 aromatic rings. The summed E-state index contributed by atoms with van der Waals surface area (Å²) in [6, 6.07) is 65.1. The molecule has 1 heterocycles. The van der Waals surface area contributed by atoms with Crippen molar-refractivity contribution in [1.82, 2.24) is 0 Å². The van der Waals surface area contributed by atoms with E-state index in [1.54, 1.807) is 0 Å². The Morgan fingerprint density at radius 2 is 1.04 bits per heavy atom. The molecule has 2 nitrogen and oxygen atoms in total. The van der Waals surface area contributed by atoms with Crippen LogP contribution in [-0.4, -0.2) is 0 Å². The zero-order valence-electron chi connectivity index (χ0n) is 28.6. The van der Waals surface area contributed by atoms with Crippen LogP contribution >= 0.6 is 0 Å². The van der Waals surface area contributed by atoms with Gasteiger partial charge in [-0.3, -0.25) is 0 Å². The molecule has 2 heteroatoms. The maximum atomic E-state index is 6.46. The molecule has 0 amide bonds. The topological polar surface area (TPSA) is 16.4 Å². The highest BCUT2D eigenvalue weighted by Crippen LogP contribution is 2.65. The Morgan fingerprint density at radius 1 is 0.377 bits per heavy atom. The minimum atomic E-state index is -0.466. The summed E-state index contributed by atoms with van der Waals surface area (Å²) in [4.78, 5) is 2.42. The molecule has 2 aliphatic carbocycles. The van der Waals surface area contributed by atoms with E-state index in [9.17, 15) is 0 Å². The fraction of sp³-hybridized carbons (Fsp3) is 0.0196. The van der Waals surface area contributed by atoms with Crippen LogP contribution in [0.4, 0.5) is 17.1 Å². The summed E-state index contributed by atoms with van der Waals surface area (Å²) in [6.07, 6.45) is 0. The summed E-state index contributed by atoms with van der Waals surface area (Å²) in [6.45, 7) is 0. The Bertz CT molecular complexity index is 3350. The lowest BCUT2D eigenvalue weighted by molar-refractivity contribution is 0.669. The van der Waals surface area contributed by atoms with Gasteiger partial charge in [-0.05, 0) is 107 Å². The van der Waals surface area contributed by atoms with Crippen molar-refractivity contribution < 1.29 is 4.42 Å². The third kappa shape index (κ3) is 3.27. The van der Waals surface area contributed by atoms with Crippen LogP contribution in [0.2, 0.25) is 0 Å². The van der Waals surface area contributed by atoms with E-state index < -0.39 is 5.41 Å². The number of benzene rings is 10. The van der Waals surface area contributed by atoms with E-state index in [2.05, 4.69) is 175 Å². The van der Waals surface area contributed by atoms with Gasteiger partial charge in [0.05, 0.1) is 11.1 Å². The fourth-order valence-corrected chi connectivity index (χ4v) is 10.4. The number of furan rings is 1. The van der Waals surface area contributed by atoms with Crippen molar-refractivity contribution in [2.45, 2.75) is 5.41 Å². The molecule has 53 heavy (non-hydrogen) atoms. The van der Waals surface area contributed by atoms with Gasteiger partial charge < -0.3 is 9.32 Å². The number of fused-ring (bicyclic) bond motifs is 11. The van der Waals surface area contributed by atoms with Gasteiger partial charge in [0, 0.05) is 33.8 Å². The Kier molecular flexibility index (Phi) is 5.08. The van der Waals surface area contributed by atoms with E-state index in [-0.39, 0.29) is 0 Å². The van der Waals surface area contributed by atoms with Crippen molar-refractivity contribution in [3.63, 3.8) is 0 Å². The largest absolute Gasteiger partial charge is 0.456 e. The lowest BCUT2D eigenvalue weighted by Gasteiger charge is -2.32. The highest BCUT2D eigenvalue weighted by Gasteiger charge is 2.52. The first-order chi connectivity index (χ1) is 26.3. The second-order valence-electron chi connectivity index (χ2n) is 14.7. The molecule has 0 aliphatic heterocycles. The standard InChI is InChI=1S/C51H29NO/c1-2-12-32(13-3-1)52(33-26-27-35-34-14-5-7-22-44(34)53-45(35)29-33)43-21-10-20-40-48(43)38-15-4-6-18-39(38)51(40)41-19-9-17-37-36-16-8-11-30-23-24-31-25-28-42(51)50(49(37)41)47(31)46(30)36/h1-29H. The van der Waals surface area contributed by atoms with Crippen molar-refractivity contribution in [3.8, 4) is 11.1 Å². The number of anilines is 3. The molecule has 0 saturated heterocycles. The first-order valence-electron chi connectivity index (χ1n) is 18.4. The molecule has 244 valence electrons. The molecule has 0 fully saturated rings. The Labute approximate surface area is 305 Å². The molecular formula is C51H29NO. The smallest absolute Gasteiger partial charge is 0.137 e. The van der Waals surface area contributed by atoms with Gasteiger partial charge in [0.15, 0.2) is 0 Å². The normalized spacial score (nSPS) is 15.6. The predicted molar refractivity (Wildman–Crippen MR) is 220 cm³/mol. The van der Waals surface area contributed by atoms with E-state index in [1.807, 2.05) is 6.07 Å². The van der Waals surface area contributed by atoms with E-state index in [0.29, 0.717) is 0 Å². The molecule has 0 N–H and O–H groups in total. The second-order valence-corrected chi connectivity index (χ2v) is 14.7. The minimum Gasteiger partial charge on any atom is -0.456 e. The van der Waals surface area contributed by atoms with Crippen LogP contribution in [0.3, 0.4) is 0 Å². The highest BCUT2D eigenvalue weighted by molar-refractivity contribution is 6.36. The molecule has 0 radical (unpaired) electrons. The molecule has 10 aromatic carbocycles. The average molecular weight is 672 g/mol. The molecule has 1 aromatic heterocycles. The SMILES string of the molecule is c1ccc(N(c2ccc3c(c2)oc2ccccc23)c2cccc3c2-c2ccccc2C32c3cccc4c5cccc6ccc7ccc2c(c34)c7c65)cc1. The van der Waals surface area contributed by atoms with Crippen LogP contribution in [0.15, 0.2) is 180 Å². The van der Waals surface area contributed by atoms with E-state index >= 15 is 0 Å². The Morgan fingerprint density at radius 3 is 1.96 bits per heavy atom. The van der Waals surface area contributed by atoms with Crippen molar-refractivity contribution in [2.24, 2.45) is 0 Å². The molecule has 0 saturated carbocycles.